The van der Waals surface area contributed by atoms with E-state index in [1.807, 2.05) is 4.90 Å². The lowest BCUT2D eigenvalue weighted by Crippen LogP contribution is -2.53. The van der Waals surface area contributed by atoms with Crippen LogP contribution in [-0.2, 0) is 19.6 Å². The summed E-state index contributed by atoms with van der Waals surface area (Å²) in [6, 6.07) is 5.88. The van der Waals surface area contributed by atoms with Gasteiger partial charge < -0.3 is 9.80 Å². The number of nitrogens with zero attached hydrogens (tertiary/aromatic N) is 3. The molecule has 0 bridgehead atoms. The van der Waals surface area contributed by atoms with Gasteiger partial charge in [-0.05, 0) is 31.9 Å². The normalized spacial score (nSPS) is 23.7. The van der Waals surface area contributed by atoms with Gasteiger partial charge >= 0.3 is 0 Å². The zero-order valence-electron chi connectivity index (χ0n) is 16.5. The molecule has 1 atom stereocenters. The molecule has 2 fully saturated rings. The van der Waals surface area contributed by atoms with Crippen LogP contribution in [0.15, 0.2) is 34.2 Å². The van der Waals surface area contributed by atoms with E-state index in [1.165, 1.54) is 6.07 Å². The van der Waals surface area contributed by atoms with Gasteiger partial charge in [0.2, 0.25) is 11.8 Å². The average Bonchev–Trinajstić information content (AvgIpc) is 3.34. The topological polar surface area (TPSA) is 99.1 Å². The number of amides is 2. The van der Waals surface area contributed by atoms with Crippen molar-refractivity contribution in [3.05, 3.63) is 29.8 Å². The number of fused-ring (bicyclic) bond motifs is 1. The Morgan fingerprint density at radius 1 is 1.07 bits per heavy atom. The number of sulfonamides is 1. The smallest absolute Gasteiger partial charge is 0.263 e. The van der Waals surface area contributed by atoms with Crippen molar-refractivity contribution in [1.82, 2.24) is 14.5 Å². The van der Waals surface area contributed by atoms with Crippen LogP contribution in [0.5, 0.6) is 0 Å². The lowest BCUT2D eigenvalue weighted by atomic mass is 10.1. The van der Waals surface area contributed by atoms with E-state index in [4.69, 9.17) is 0 Å². The number of piperazine rings is 1. The second-order valence-electron chi connectivity index (χ2n) is 7.89. The quantitative estimate of drug-likeness (QED) is 0.791. The molecule has 3 aliphatic rings. The van der Waals surface area contributed by atoms with Gasteiger partial charge in [-0.3, -0.25) is 19.3 Å². The molecule has 0 spiro atoms. The van der Waals surface area contributed by atoms with Crippen molar-refractivity contribution < 1.29 is 18.0 Å². The molecule has 1 N–H and O–H groups in total. The first-order valence-electron chi connectivity index (χ1n) is 10.1. The van der Waals surface area contributed by atoms with Crippen LogP contribution in [0.3, 0.4) is 0 Å². The summed E-state index contributed by atoms with van der Waals surface area (Å²) in [7, 11) is -3.63. The summed E-state index contributed by atoms with van der Waals surface area (Å²) in [4.78, 5) is 33.5. The fourth-order valence-corrected chi connectivity index (χ4v) is 5.56. The van der Waals surface area contributed by atoms with Gasteiger partial charge in [-0.2, -0.15) is 0 Å². The number of amidine groups is 1. The van der Waals surface area contributed by atoms with Crippen molar-refractivity contribution >= 4 is 27.7 Å². The maximum Gasteiger partial charge on any atom is 0.263 e. The van der Waals surface area contributed by atoms with E-state index < -0.39 is 16.1 Å². The molecule has 1 aromatic carbocycles. The second kappa shape index (κ2) is 7.78. The highest BCUT2D eigenvalue weighted by atomic mass is 32.2. The highest BCUT2D eigenvalue weighted by Crippen LogP contribution is 2.27. The number of carbonyl (C=O) groups excluding carboxylic acids is 2. The molecule has 1 aliphatic carbocycles. The number of rotatable bonds is 3. The molecule has 29 heavy (non-hydrogen) atoms. The summed E-state index contributed by atoms with van der Waals surface area (Å²) in [6.07, 6.45) is 4.20. The molecule has 2 amide bonds. The summed E-state index contributed by atoms with van der Waals surface area (Å²) in [6.45, 7) is 3.71. The largest absolute Gasteiger partial charge is 0.339 e. The molecule has 1 saturated carbocycles. The SMILES string of the molecule is C[C@H](N=C1NS(=O)(=O)c2ccccc21)C(=O)N1CCN(C(=O)C2CCCC2)CC1. The highest BCUT2D eigenvalue weighted by Gasteiger charge is 2.33. The maximum absolute atomic E-state index is 12.8. The van der Waals surface area contributed by atoms with Gasteiger partial charge in [-0.25, -0.2) is 8.42 Å². The molecule has 0 aromatic heterocycles. The highest BCUT2D eigenvalue weighted by molar-refractivity contribution is 7.90. The Bertz CT molecular complexity index is 945. The van der Waals surface area contributed by atoms with Gasteiger partial charge in [0.25, 0.3) is 10.0 Å². The minimum Gasteiger partial charge on any atom is -0.339 e. The molecule has 156 valence electrons. The van der Waals surface area contributed by atoms with Crippen molar-refractivity contribution in [3.63, 3.8) is 0 Å². The van der Waals surface area contributed by atoms with Gasteiger partial charge in [-0.15, -0.1) is 0 Å². The summed E-state index contributed by atoms with van der Waals surface area (Å²) < 4.78 is 26.8. The number of aliphatic imine (C=N–C) groups is 1. The molecule has 4 rings (SSSR count). The van der Waals surface area contributed by atoms with Crippen molar-refractivity contribution in [3.8, 4) is 0 Å². The third kappa shape index (κ3) is 3.88. The fraction of sp³-hybridized carbons (Fsp3) is 0.550. The van der Waals surface area contributed by atoms with Crippen LogP contribution in [0.25, 0.3) is 0 Å². The van der Waals surface area contributed by atoms with Crippen molar-refractivity contribution in [1.29, 1.82) is 0 Å². The standard InChI is InChI=1S/C20H26N4O4S/c1-14(21-18-16-8-4-5-9-17(16)29(27,28)22-18)19(25)23-10-12-24(13-11-23)20(26)15-6-2-3-7-15/h4-5,8-9,14-15H,2-3,6-7,10-13H2,1H3,(H,21,22)/t14-/m0/s1. The van der Waals surface area contributed by atoms with Crippen LogP contribution >= 0.6 is 0 Å². The van der Waals surface area contributed by atoms with Crippen LogP contribution in [-0.4, -0.2) is 68.1 Å². The van der Waals surface area contributed by atoms with Crippen LogP contribution in [0, 0.1) is 5.92 Å². The Kier molecular flexibility index (Phi) is 5.33. The summed E-state index contributed by atoms with van der Waals surface area (Å²) in [5, 5.41) is 0. The monoisotopic (exact) mass is 418 g/mol. The van der Waals surface area contributed by atoms with Crippen LogP contribution in [0.2, 0.25) is 0 Å². The van der Waals surface area contributed by atoms with E-state index in [0.29, 0.717) is 31.7 Å². The fourth-order valence-electron chi connectivity index (χ4n) is 4.32. The predicted octanol–water partition coefficient (Wildman–Crippen LogP) is 0.975. The molecular formula is C20H26N4O4S. The third-order valence-electron chi connectivity index (χ3n) is 5.95. The Morgan fingerprint density at radius 2 is 1.69 bits per heavy atom. The molecule has 1 saturated heterocycles. The lowest BCUT2D eigenvalue weighted by Gasteiger charge is -2.36. The molecule has 2 aliphatic heterocycles. The lowest BCUT2D eigenvalue weighted by molar-refractivity contribution is -0.142. The van der Waals surface area contributed by atoms with Gasteiger partial charge in [0, 0.05) is 37.7 Å². The van der Waals surface area contributed by atoms with Gasteiger partial charge in [0.1, 0.15) is 11.9 Å². The Balaban J connectivity index is 1.39. The third-order valence-corrected chi connectivity index (χ3v) is 7.35. The van der Waals surface area contributed by atoms with Crippen molar-refractivity contribution in [2.24, 2.45) is 10.9 Å². The van der Waals surface area contributed by atoms with Crippen molar-refractivity contribution in [2.75, 3.05) is 26.2 Å². The number of hydrogen-bond donors (Lipinski definition) is 1. The summed E-state index contributed by atoms with van der Waals surface area (Å²) >= 11 is 0. The van der Waals surface area contributed by atoms with Crippen LogP contribution in [0.1, 0.15) is 38.2 Å². The molecular weight excluding hydrogens is 392 g/mol. The van der Waals surface area contributed by atoms with Crippen molar-refractivity contribution in [2.45, 2.75) is 43.5 Å². The Labute approximate surface area is 171 Å². The first-order chi connectivity index (χ1) is 13.9. The first kappa shape index (κ1) is 19.9. The zero-order valence-corrected chi connectivity index (χ0v) is 17.3. The van der Waals surface area contributed by atoms with E-state index in [9.17, 15) is 18.0 Å². The van der Waals surface area contributed by atoms with Crippen LogP contribution in [0.4, 0.5) is 0 Å². The molecule has 2 heterocycles. The van der Waals surface area contributed by atoms with E-state index in [2.05, 4.69) is 9.71 Å². The molecule has 8 nitrogen and oxygen atoms in total. The number of carbonyl (C=O) groups is 2. The van der Waals surface area contributed by atoms with E-state index in [0.717, 1.165) is 25.7 Å². The van der Waals surface area contributed by atoms with E-state index in [1.54, 1.807) is 30.0 Å². The van der Waals surface area contributed by atoms with Crippen LogP contribution < -0.4 is 4.72 Å². The van der Waals surface area contributed by atoms with E-state index >= 15 is 0 Å². The number of benzene rings is 1. The molecule has 0 radical (unpaired) electrons. The average molecular weight is 419 g/mol. The predicted molar refractivity (Wildman–Crippen MR) is 108 cm³/mol. The minimum absolute atomic E-state index is 0.151. The van der Waals surface area contributed by atoms with Gasteiger partial charge in [0.05, 0.1) is 4.90 Å². The van der Waals surface area contributed by atoms with E-state index in [-0.39, 0.29) is 28.5 Å². The molecule has 9 heteroatoms. The molecule has 0 unspecified atom stereocenters. The number of nitrogens with one attached hydrogen (secondary N) is 1. The first-order valence-corrected chi connectivity index (χ1v) is 11.6. The zero-order chi connectivity index (χ0) is 20.6. The maximum atomic E-state index is 12.8. The minimum atomic E-state index is -3.63. The Morgan fingerprint density at radius 3 is 2.38 bits per heavy atom. The van der Waals surface area contributed by atoms with Gasteiger partial charge in [-0.1, -0.05) is 25.0 Å². The summed E-state index contributed by atoms with van der Waals surface area (Å²) in [5.74, 6) is 0.420. The Hall–Kier alpha value is -2.42. The second-order valence-corrected chi connectivity index (χ2v) is 9.54. The number of hydrogen-bond acceptors (Lipinski definition) is 5. The summed E-state index contributed by atoms with van der Waals surface area (Å²) in [5.41, 5.74) is 0.485. The van der Waals surface area contributed by atoms with Gasteiger partial charge in [0.15, 0.2) is 0 Å². The molecule has 1 aromatic rings.